The van der Waals surface area contributed by atoms with E-state index in [1.807, 2.05) is 49.4 Å². The van der Waals surface area contributed by atoms with Gasteiger partial charge in [0.25, 0.3) is 0 Å². The fourth-order valence-electron chi connectivity index (χ4n) is 2.06. The molecule has 110 valence electrons. The van der Waals surface area contributed by atoms with Gasteiger partial charge in [-0.15, -0.1) is 11.8 Å². The Hall–Kier alpha value is -1.94. The van der Waals surface area contributed by atoms with Crippen molar-refractivity contribution in [3.63, 3.8) is 0 Å². The van der Waals surface area contributed by atoms with E-state index < -0.39 is 0 Å². The van der Waals surface area contributed by atoms with Gasteiger partial charge in [-0.1, -0.05) is 30.3 Å². The molecule has 0 bridgehead atoms. The number of hydrogen-bond donors (Lipinski definition) is 0. The molecule has 21 heavy (non-hydrogen) atoms. The largest absolute Gasteiger partial charge is 0.493 e. The molecule has 0 fully saturated rings. The molecular weight excluding hydrogens is 284 g/mol. The Morgan fingerprint density at radius 1 is 1.10 bits per heavy atom. The van der Waals surface area contributed by atoms with Crippen LogP contribution in [-0.2, 0) is 0 Å². The molecule has 0 amide bonds. The summed E-state index contributed by atoms with van der Waals surface area (Å²) >= 11 is 1.50. The molecule has 3 nitrogen and oxygen atoms in total. The maximum Gasteiger partial charge on any atom is 0.173 e. The average Bonchev–Trinajstić information content (AvgIpc) is 2.52. The second-order valence-corrected chi connectivity index (χ2v) is 5.60. The SMILES string of the molecule is COc1cc(SCC(=O)c2ccccc2)cc(C)c1OC. The summed E-state index contributed by atoms with van der Waals surface area (Å²) in [5, 5.41) is 0. The third-order valence-electron chi connectivity index (χ3n) is 3.10. The summed E-state index contributed by atoms with van der Waals surface area (Å²) in [6.07, 6.45) is 0. The predicted octanol–water partition coefficient (Wildman–Crippen LogP) is 3.99. The molecule has 0 heterocycles. The van der Waals surface area contributed by atoms with Gasteiger partial charge >= 0.3 is 0 Å². The zero-order valence-corrected chi connectivity index (χ0v) is 13.2. The van der Waals surface area contributed by atoms with Crippen LogP contribution in [0.5, 0.6) is 11.5 Å². The standard InChI is InChI=1S/C17H18O3S/c1-12-9-14(10-16(19-2)17(12)20-3)21-11-15(18)13-7-5-4-6-8-13/h4-10H,11H2,1-3H3. The molecule has 0 saturated carbocycles. The monoisotopic (exact) mass is 302 g/mol. The maximum atomic E-state index is 12.1. The van der Waals surface area contributed by atoms with Crippen LogP contribution in [0.4, 0.5) is 0 Å². The van der Waals surface area contributed by atoms with Crippen molar-refractivity contribution < 1.29 is 14.3 Å². The molecule has 0 aromatic heterocycles. The van der Waals surface area contributed by atoms with E-state index in [1.54, 1.807) is 14.2 Å². The van der Waals surface area contributed by atoms with Gasteiger partial charge in [-0.25, -0.2) is 0 Å². The number of aryl methyl sites for hydroxylation is 1. The molecule has 0 aliphatic rings. The van der Waals surface area contributed by atoms with E-state index in [0.717, 1.165) is 21.8 Å². The van der Waals surface area contributed by atoms with Crippen molar-refractivity contribution in [2.75, 3.05) is 20.0 Å². The number of carbonyl (C=O) groups excluding carboxylic acids is 1. The number of Topliss-reactive ketones (excluding diaryl/α,β-unsaturated/α-hetero) is 1. The van der Waals surface area contributed by atoms with Crippen molar-refractivity contribution in [1.82, 2.24) is 0 Å². The van der Waals surface area contributed by atoms with Crippen molar-refractivity contribution in [2.24, 2.45) is 0 Å². The molecule has 4 heteroatoms. The minimum atomic E-state index is 0.119. The Bertz CT molecular complexity index is 623. The van der Waals surface area contributed by atoms with Crippen molar-refractivity contribution in [3.05, 3.63) is 53.6 Å². The lowest BCUT2D eigenvalue weighted by Crippen LogP contribution is -2.02. The van der Waals surface area contributed by atoms with E-state index in [2.05, 4.69) is 0 Å². The summed E-state index contributed by atoms with van der Waals surface area (Å²) in [6.45, 7) is 1.96. The van der Waals surface area contributed by atoms with E-state index in [9.17, 15) is 4.79 Å². The first-order valence-corrected chi connectivity index (χ1v) is 7.58. The first kappa shape index (κ1) is 15.4. The minimum Gasteiger partial charge on any atom is -0.493 e. The number of thioether (sulfide) groups is 1. The highest BCUT2D eigenvalue weighted by Crippen LogP contribution is 2.35. The quantitative estimate of drug-likeness (QED) is 0.597. The van der Waals surface area contributed by atoms with E-state index in [-0.39, 0.29) is 5.78 Å². The highest BCUT2D eigenvalue weighted by Gasteiger charge is 2.11. The molecule has 2 aromatic rings. The van der Waals surface area contributed by atoms with Crippen LogP contribution >= 0.6 is 11.8 Å². The molecule has 0 N–H and O–H groups in total. The highest BCUT2D eigenvalue weighted by molar-refractivity contribution is 8.00. The maximum absolute atomic E-state index is 12.1. The second-order valence-electron chi connectivity index (χ2n) is 4.55. The number of methoxy groups -OCH3 is 2. The summed E-state index contributed by atoms with van der Waals surface area (Å²) in [4.78, 5) is 13.1. The molecule has 2 rings (SSSR count). The van der Waals surface area contributed by atoms with Gasteiger partial charge in [0.2, 0.25) is 0 Å². The summed E-state index contributed by atoms with van der Waals surface area (Å²) in [7, 11) is 3.23. The lowest BCUT2D eigenvalue weighted by molar-refractivity contribution is 0.102. The van der Waals surface area contributed by atoms with E-state index in [1.165, 1.54) is 11.8 Å². The van der Waals surface area contributed by atoms with Gasteiger partial charge in [0.1, 0.15) is 0 Å². The van der Waals surface area contributed by atoms with Gasteiger partial charge in [-0.2, -0.15) is 0 Å². The van der Waals surface area contributed by atoms with Gasteiger partial charge < -0.3 is 9.47 Å². The number of benzene rings is 2. The zero-order valence-electron chi connectivity index (χ0n) is 12.4. The Labute approximate surface area is 129 Å². The van der Waals surface area contributed by atoms with Crippen molar-refractivity contribution in [2.45, 2.75) is 11.8 Å². The number of carbonyl (C=O) groups is 1. The second kappa shape index (κ2) is 7.18. The average molecular weight is 302 g/mol. The van der Waals surface area contributed by atoms with Gasteiger partial charge in [0, 0.05) is 10.5 Å². The fourth-order valence-corrected chi connectivity index (χ4v) is 2.98. The van der Waals surface area contributed by atoms with Crippen LogP contribution in [-0.4, -0.2) is 25.8 Å². The molecule has 0 spiro atoms. The van der Waals surface area contributed by atoms with Crippen LogP contribution in [0, 0.1) is 6.92 Å². The fraction of sp³-hybridized carbons (Fsp3) is 0.235. The molecule has 0 aliphatic heterocycles. The van der Waals surface area contributed by atoms with Gasteiger partial charge in [-0.3, -0.25) is 4.79 Å². The van der Waals surface area contributed by atoms with E-state index in [0.29, 0.717) is 11.5 Å². The Morgan fingerprint density at radius 3 is 2.43 bits per heavy atom. The third kappa shape index (κ3) is 3.79. The molecular formula is C17H18O3S. The van der Waals surface area contributed by atoms with Crippen LogP contribution in [0.3, 0.4) is 0 Å². The van der Waals surface area contributed by atoms with E-state index >= 15 is 0 Å². The Balaban J connectivity index is 2.10. The van der Waals surface area contributed by atoms with Crippen LogP contribution < -0.4 is 9.47 Å². The Morgan fingerprint density at radius 2 is 1.81 bits per heavy atom. The summed E-state index contributed by atoms with van der Waals surface area (Å²) < 4.78 is 10.6. The normalized spacial score (nSPS) is 10.2. The van der Waals surface area contributed by atoms with Gasteiger partial charge in [0.05, 0.1) is 20.0 Å². The molecule has 0 aliphatic carbocycles. The van der Waals surface area contributed by atoms with Gasteiger partial charge in [-0.05, 0) is 24.6 Å². The molecule has 0 unspecified atom stereocenters. The van der Waals surface area contributed by atoms with Gasteiger partial charge in [0.15, 0.2) is 17.3 Å². The zero-order chi connectivity index (χ0) is 15.2. The number of ether oxygens (including phenoxy) is 2. The number of ketones is 1. The third-order valence-corrected chi connectivity index (χ3v) is 4.08. The molecule has 0 radical (unpaired) electrons. The predicted molar refractivity (Wildman–Crippen MR) is 85.8 cm³/mol. The Kier molecular flexibility index (Phi) is 5.28. The van der Waals surface area contributed by atoms with Crippen molar-refractivity contribution >= 4 is 17.5 Å². The molecule has 0 saturated heterocycles. The van der Waals surface area contributed by atoms with Crippen LogP contribution in [0.25, 0.3) is 0 Å². The van der Waals surface area contributed by atoms with Crippen molar-refractivity contribution in [1.29, 1.82) is 0 Å². The summed E-state index contributed by atoms with van der Waals surface area (Å²) in [5.74, 6) is 1.94. The van der Waals surface area contributed by atoms with Crippen LogP contribution in [0.15, 0.2) is 47.4 Å². The number of rotatable bonds is 6. The molecule has 0 atom stereocenters. The first-order valence-electron chi connectivity index (χ1n) is 6.59. The number of hydrogen-bond acceptors (Lipinski definition) is 4. The lowest BCUT2D eigenvalue weighted by atomic mass is 10.2. The smallest absolute Gasteiger partial charge is 0.173 e. The summed E-state index contributed by atoms with van der Waals surface area (Å²) in [5.41, 5.74) is 1.73. The topological polar surface area (TPSA) is 35.5 Å². The highest BCUT2D eigenvalue weighted by atomic mass is 32.2. The van der Waals surface area contributed by atoms with Crippen molar-refractivity contribution in [3.8, 4) is 11.5 Å². The van der Waals surface area contributed by atoms with Crippen LogP contribution in [0.1, 0.15) is 15.9 Å². The molecule has 2 aromatic carbocycles. The lowest BCUT2D eigenvalue weighted by Gasteiger charge is -2.12. The van der Waals surface area contributed by atoms with E-state index in [4.69, 9.17) is 9.47 Å². The first-order chi connectivity index (χ1) is 10.2. The minimum absolute atomic E-state index is 0.119. The summed E-state index contributed by atoms with van der Waals surface area (Å²) in [6, 6.07) is 13.2. The van der Waals surface area contributed by atoms with Crippen LogP contribution in [0.2, 0.25) is 0 Å².